The Morgan fingerprint density at radius 1 is 1.44 bits per heavy atom. The van der Waals surface area contributed by atoms with Crippen LogP contribution in [0.15, 0.2) is 12.4 Å². The minimum Gasteiger partial charge on any atom is -0.487 e. The van der Waals surface area contributed by atoms with Gasteiger partial charge in [-0.25, -0.2) is 0 Å². The van der Waals surface area contributed by atoms with Crippen molar-refractivity contribution in [3.63, 3.8) is 0 Å². The fourth-order valence-corrected chi connectivity index (χ4v) is 1.96. The molecule has 0 aliphatic carbocycles. The number of nitrogens with zero attached hydrogens (tertiary/aromatic N) is 2. The Morgan fingerprint density at radius 3 is 3.06 bits per heavy atom. The Labute approximate surface area is 97.0 Å². The fourth-order valence-electron chi connectivity index (χ4n) is 1.96. The van der Waals surface area contributed by atoms with E-state index < -0.39 is 0 Å². The van der Waals surface area contributed by atoms with Gasteiger partial charge in [0.1, 0.15) is 6.10 Å². The zero-order valence-electron chi connectivity index (χ0n) is 10.1. The van der Waals surface area contributed by atoms with Crippen LogP contribution in [-0.2, 0) is 0 Å². The maximum absolute atomic E-state index is 5.94. The van der Waals surface area contributed by atoms with Crippen molar-refractivity contribution in [2.24, 2.45) is 0 Å². The van der Waals surface area contributed by atoms with E-state index in [0.29, 0.717) is 12.1 Å². The molecule has 1 saturated heterocycles. The smallest absolute Gasteiger partial charge is 0.157 e. The van der Waals surface area contributed by atoms with Crippen molar-refractivity contribution in [3.05, 3.63) is 12.4 Å². The van der Waals surface area contributed by atoms with Crippen molar-refractivity contribution in [2.45, 2.75) is 45.3 Å². The fraction of sp³-hybridized carbons (Fsp3) is 0.750. The summed E-state index contributed by atoms with van der Waals surface area (Å²) in [5, 5.41) is 7.67. The zero-order valence-corrected chi connectivity index (χ0v) is 10.1. The quantitative estimate of drug-likeness (QED) is 0.851. The molecule has 0 radical (unpaired) electrons. The Morgan fingerprint density at radius 2 is 2.31 bits per heavy atom. The van der Waals surface area contributed by atoms with Crippen LogP contribution in [0.3, 0.4) is 0 Å². The third kappa shape index (κ3) is 2.98. The molecule has 1 fully saturated rings. The number of hydrogen-bond donors (Lipinski definition) is 1. The van der Waals surface area contributed by atoms with Crippen LogP contribution in [0.5, 0.6) is 5.75 Å². The lowest BCUT2D eigenvalue weighted by atomic mass is 10.1. The lowest BCUT2D eigenvalue weighted by molar-refractivity contribution is 0.187. The third-order valence-electron chi connectivity index (χ3n) is 2.93. The van der Waals surface area contributed by atoms with Gasteiger partial charge in [0.25, 0.3) is 0 Å². The Hall–Kier alpha value is -1.03. The number of rotatable bonds is 3. The van der Waals surface area contributed by atoms with Crippen LogP contribution in [0, 0.1) is 0 Å². The first-order chi connectivity index (χ1) is 7.75. The molecule has 1 aliphatic heterocycles. The highest BCUT2D eigenvalue weighted by molar-refractivity contribution is 5.12. The predicted molar refractivity (Wildman–Crippen MR) is 63.7 cm³/mol. The van der Waals surface area contributed by atoms with Crippen molar-refractivity contribution < 1.29 is 4.74 Å². The molecule has 1 aliphatic rings. The second-order valence-electron chi connectivity index (χ2n) is 4.67. The number of aromatic nitrogens is 2. The van der Waals surface area contributed by atoms with Gasteiger partial charge < -0.3 is 10.1 Å². The maximum Gasteiger partial charge on any atom is 0.157 e. The predicted octanol–water partition coefficient (Wildman–Crippen LogP) is 1.98. The van der Waals surface area contributed by atoms with Gasteiger partial charge in [0.2, 0.25) is 0 Å². The molecule has 0 spiro atoms. The number of nitrogens with one attached hydrogen (secondary N) is 1. The molecule has 0 saturated carbocycles. The van der Waals surface area contributed by atoms with E-state index in [9.17, 15) is 0 Å². The van der Waals surface area contributed by atoms with E-state index in [-0.39, 0.29) is 0 Å². The Balaban J connectivity index is 1.91. The molecule has 1 N–H and O–H groups in total. The van der Waals surface area contributed by atoms with Crippen LogP contribution in [-0.4, -0.2) is 29.0 Å². The summed E-state index contributed by atoms with van der Waals surface area (Å²) in [5.41, 5.74) is 0. The Kier molecular flexibility index (Phi) is 3.83. The van der Waals surface area contributed by atoms with Crippen molar-refractivity contribution in [3.8, 4) is 5.75 Å². The maximum atomic E-state index is 5.94. The van der Waals surface area contributed by atoms with Crippen LogP contribution in [0.2, 0.25) is 0 Å². The molecule has 90 valence electrons. The summed E-state index contributed by atoms with van der Waals surface area (Å²) in [6, 6.07) is 0.396. The molecule has 0 amide bonds. The summed E-state index contributed by atoms with van der Waals surface area (Å²) >= 11 is 0. The van der Waals surface area contributed by atoms with Crippen LogP contribution < -0.4 is 10.1 Å². The summed E-state index contributed by atoms with van der Waals surface area (Å²) < 4.78 is 7.88. The summed E-state index contributed by atoms with van der Waals surface area (Å²) in [6.07, 6.45) is 7.58. The largest absolute Gasteiger partial charge is 0.487 e. The van der Waals surface area contributed by atoms with E-state index in [1.807, 2.05) is 17.1 Å². The lowest BCUT2D eigenvalue weighted by Gasteiger charge is -2.14. The molecule has 1 unspecified atom stereocenters. The van der Waals surface area contributed by atoms with Gasteiger partial charge in [-0.15, -0.1) is 0 Å². The molecule has 4 heteroatoms. The minimum atomic E-state index is 0.347. The monoisotopic (exact) mass is 223 g/mol. The van der Waals surface area contributed by atoms with E-state index in [0.717, 1.165) is 31.7 Å². The van der Waals surface area contributed by atoms with Crippen molar-refractivity contribution in [2.75, 3.05) is 13.1 Å². The lowest BCUT2D eigenvalue weighted by Crippen LogP contribution is -2.19. The van der Waals surface area contributed by atoms with E-state index in [2.05, 4.69) is 24.3 Å². The molecular formula is C12H21N3O. The molecule has 0 bridgehead atoms. The highest BCUT2D eigenvalue weighted by Crippen LogP contribution is 2.18. The Bertz CT molecular complexity index is 314. The van der Waals surface area contributed by atoms with Crippen molar-refractivity contribution in [1.29, 1.82) is 0 Å². The van der Waals surface area contributed by atoms with Crippen LogP contribution in [0.4, 0.5) is 0 Å². The number of ether oxygens (including phenoxy) is 1. The first-order valence-electron chi connectivity index (χ1n) is 6.17. The standard InChI is InChI=1S/C12H21N3O/c1-10(2)15-9-12(8-14-15)16-11-4-3-6-13-7-5-11/h8-11,13H,3-7H2,1-2H3. The molecule has 1 atom stereocenters. The number of hydrogen-bond acceptors (Lipinski definition) is 3. The zero-order chi connectivity index (χ0) is 11.4. The van der Waals surface area contributed by atoms with Gasteiger partial charge in [0.05, 0.1) is 12.4 Å². The molecule has 2 rings (SSSR count). The van der Waals surface area contributed by atoms with E-state index in [1.54, 1.807) is 0 Å². The molecule has 16 heavy (non-hydrogen) atoms. The second-order valence-corrected chi connectivity index (χ2v) is 4.67. The summed E-state index contributed by atoms with van der Waals surface area (Å²) in [7, 11) is 0. The van der Waals surface area contributed by atoms with E-state index in [1.165, 1.54) is 6.42 Å². The molecule has 1 aromatic heterocycles. The molecule has 0 aromatic carbocycles. The third-order valence-corrected chi connectivity index (χ3v) is 2.93. The van der Waals surface area contributed by atoms with E-state index in [4.69, 9.17) is 4.74 Å². The molecule has 2 heterocycles. The van der Waals surface area contributed by atoms with Gasteiger partial charge in [-0.2, -0.15) is 5.10 Å². The first-order valence-corrected chi connectivity index (χ1v) is 6.17. The normalized spacial score (nSPS) is 22.1. The van der Waals surface area contributed by atoms with Gasteiger partial charge in [-0.3, -0.25) is 4.68 Å². The molecular weight excluding hydrogens is 202 g/mol. The first kappa shape index (κ1) is 11.5. The average Bonchev–Trinajstić information content (AvgIpc) is 2.56. The van der Waals surface area contributed by atoms with Crippen LogP contribution in [0.1, 0.15) is 39.2 Å². The SMILES string of the molecule is CC(C)n1cc(OC2CCCNCC2)cn1. The van der Waals surface area contributed by atoms with E-state index >= 15 is 0 Å². The van der Waals surface area contributed by atoms with Gasteiger partial charge in [0, 0.05) is 6.04 Å². The summed E-state index contributed by atoms with van der Waals surface area (Å²) in [6.45, 7) is 6.41. The van der Waals surface area contributed by atoms with Gasteiger partial charge in [-0.05, 0) is 46.2 Å². The minimum absolute atomic E-state index is 0.347. The molecule has 1 aromatic rings. The van der Waals surface area contributed by atoms with Crippen LogP contribution >= 0.6 is 0 Å². The van der Waals surface area contributed by atoms with Gasteiger partial charge >= 0.3 is 0 Å². The van der Waals surface area contributed by atoms with Crippen LogP contribution in [0.25, 0.3) is 0 Å². The summed E-state index contributed by atoms with van der Waals surface area (Å²) in [5.74, 6) is 0.903. The topological polar surface area (TPSA) is 39.1 Å². The highest BCUT2D eigenvalue weighted by atomic mass is 16.5. The van der Waals surface area contributed by atoms with Crippen molar-refractivity contribution >= 4 is 0 Å². The summed E-state index contributed by atoms with van der Waals surface area (Å²) in [4.78, 5) is 0. The molecule has 4 nitrogen and oxygen atoms in total. The van der Waals surface area contributed by atoms with Gasteiger partial charge in [-0.1, -0.05) is 0 Å². The average molecular weight is 223 g/mol. The van der Waals surface area contributed by atoms with Crippen molar-refractivity contribution in [1.82, 2.24) is 15.1 Å². The second kappa shape index (κ2) is 5.34. The van der Waals surface area contributed by atoms with Gasteiger partial charge in [0.15, 0.2) is 5.75 Å². The highest BCUT2D eigenvalue weighted by Gasteiger charge is 2.14.